The molecular weight excluding hydrogens is 946 g/mol. The van der Waals surface area contributed by atoms with Gasteiger partial charge in [0.15, 0.2) is 17.2 Å². The number of aryl methyl sites for hydroxylation is 1. The van der Waals surface area contributed by atoms with Crippen LogP contribution in [0.25, 0.3) is 22.3 Å². The number of nitrogens with one attached hydrogen (secondary N) is 4. The van der Waals surface area contributed by atoms with Crippen molar-refractivity contribution in [2.24, 2.45) is 0 Å². The third kappa shape index (κ3) is 12.5. The second-order valence-electron chi connectivity index (χ2n) is 19.8. The van der Waals surface area contributed by atoms with Crippen LogP contribution in [0, 0.1) is 12.7 Å². The van der Waals surface area contributed by atoms with Gasteiger partial charge in [-0.2, -0.15) is 0 Å². The Kier molecular flexibility index (Phi) is 16.9. The van der Waals surface area contributed by atoms with Crippen molar-refractivity contribution in [3.63, 3.8) is 0 Å². The molecule has 20 heteroatoms. The van der Waals surface area contributed by atoms with Crippen LogP contribution in [-0.2, 0) is 69.8 Å². The van der Waals surface area contributed by atoms with Gasteiger partial charge in [-0.1, -0.05) is 37.3 Å². The van der Waals surface area contributed by atoms with Gasteiger partial charge < -0.3 is 45.5 Å². The number of carbonyl (C=O) groups excluding carboxylic acids is 7. The number of aliphatic hydroxyl groups is 2. The van der Waals surface area contributed by atoms with Crippen LogP contribution < -0.4 is 26.8 Å². The molecule has 390 valence electrons. The van der Waals surface area contributed by atoms with E-state index in [2.05, 4.69) is 21.3 Å². The number of carbonyl (C=O) groups is 7. The molecule has 0 saturated heterocycles. The van der Waals surface area contributed by atoms with E-state index in [0.717, 1.165) is 16.7 Å². The molecule has 7 rings (SSSR count). The number of rotatable bonds is 22. The number of alkyl carbamates (subject to hydrolysis) is 1. The molecule has 0 spiro atoms. The van der Waals surface area contributed by atoms with Crippen LogP contribution in [0.2, 0.25) is 0 Å². The lowest BCUT2D eigenvalue weighted by molar-refractivity contribution is -0.172. The highest BCUT2D eigenvalue weighted by molar-refractivity contribution is 5.95. The number of aliphatic hydroxyl groups excluding tert-OH is 1. The number of esters is 1. The van der Waals surface area contributed by atoms with Gasteiger partial charge in [-0.15, -0.1) is 0 Å². The highest BCUT2D eigenvalue weighted by Crippen LogP contribution is 2.46. The van der Waals surface area contributed by atoms with Crippen LogP contribution in [0.4, 0.5) is 9.18 Å². The van der Waals surface area contributed by atoms with E-state index in [4.69, 9.17) is 14.5 Å². The number of hydrogen-bond acceptors (Lipinski definition) is 14. The first kappa shape index (κ1) is 53.9. The average Bonchev–Trinajstić information content (AvgIpc) is 3.72. The van der Waals surface area contributed by atoms with Gasteiger partial charge in [0.1, 0.15) is 18.0 Å². The van der Waals surface area contributed by atoms with E-state index in [0.29, 0.717) is 46.3 Å². The predicted octanol–water partition coefficient (Wildman–Crippen LogP) is 3.38. The van der Waals surface area contributed by atoms with Crippen molar-refractivity contribution in [2.75, 3.05) is 39.3 Å². The average molecular weight is 1010 g/mol. The number of aromatic nitrogens is 2. The fraction of sp³-hybridized carbons (Fsp3) is 0.491. The number of nitrogens with zero attached hydrogens (tertiary/aromatic N) is 3. The number of ether oxygens (including phenoxy) is 2. The maximum Gasteiger partial charge on any atom is 0.408 e. The zero-order valence-corrected chi connectivity index (χ0v) is 41.9. The second kappa shape index (κ2) is 22.9. The summed E-state index contributed by atoms with van der Waals surface area (Å²) in [6.07, 6.45) is -0.478. The Morgan fingerprint density at radius 2 is 1.68 bits per heavy atom. The summed E-state index contributed by atoms with van der Waals surface area (Å²) in [5, 5.41) is 33.0. The quantitative estimate of drug-likeness (QED) is 0.0544. The summed E-state index contributed by atoms with van der Waals surface area (Å²) in [4.78, 5) is 111. The zero-order chi connectivity index (χ0) is 52.8. The molecule has 4 amide bonds. The van der Waals surface area contributed by atoms with Gasteiger partial charge in [0.2, 0.25) is 17.7 Å². The topological polar surface area (TPSA) is 265 Å². The van der Waals surface area contributed by atoms with Gasteiger partial charge in [0.05, 0.1) is 54.2 Å². The van der Waals surface area contributed by atoms with Gasteiger partial charge >= 0.3 is 12.1 Å². The Bertz CT molecular complexity index is 2880. The lowest BCUT2D eigenvalue weighted by atomic mass is 9.81. The Morgan fingerprint density at radius 3 is 2.40 bits per heavy atom. The maximum atomic E-state index is 15.4. The zero-order valence-electron chi connectivity index (χ0n) is 41.9. The molecule has 0 radical (unpaired) electrons. The third-order valence-electron chi connectivity index (χ3n) is 13.6. The number of benzene rings is 2. The van der Waals surface area contributed by atoms with Crippen molar-refractivity contribution in [2.45, 2.75) is 129 Å². The van der Waals surface area contributed by atoms with Crippen molar-refractivity contribution >= 4 is 52.3 Å². The van der Waals surface area contributed by atoms with Crippen molar-refractivity contribution in [1.29, 1.82) is 0 Å². The molecule has 4 heterocycles. The van der Waals surface area contributed by atoms with Crippen molar-refractivity contribution in [1.82, 2.24) is 35.7 Å². The summed E-state index contributed by atoms with van der Waals surface area (Å²) in [5.74, 6) is -3.33. The SMILES string of the molecule is CC[C@@]1(O)C(=O)OCc2c1cc1n(c2=O)Cc2c-1nc1cc(F)c(C)c3c1c2[C@@H](NC(=O)CCN(CCO)CCNC(=O)CCC(=O)[C@H](Cc1ccccc1)NC(=O)CCC(=O)CNC(=O)OC(C)(C)C)CC3. The molecule has 1 aliphatic carbocycles. The molecule has 2 aromatic carbocycles. The number of Topliss-reactive ketones (excluding diaryl/α,β-unsaturated/α-hetero) is 2. The highest BCUT2D eigenvalue weighted by atomic mass is 19.1. The van der Waals surface area contributed by atoms with Gasteiger partial charge in [-0.3, -0.25) is 33.7 Å². The fourth-order valence-corrected chi connectivity index (χ4v) is 9.74. The predicted molar refractivity (Wildman–Crippen MR) is 264 cm³/mol. The minimum Gasteiger partial charge on any atom is -0.458 e. The van der Waals surface area contributed by atoms with Crippen LogP contribution in [0.15, 0.2) is 47.3 Å². The number of halogens is 1. The first-order valence-corrected chi connectivity index (χ1v) is 24.8. The minimum atomic E-state index is -2.03. The summed E-state index contributed by atoms with van der Waals surface area (Å²) < 4.78 is 27.3. The first-order valence-electron chi connectivity index (χ1n) is 24.8. The van der Waals surface area contributed by atoms with Crippen LogP contribution in [-0.4, -0.2) is 117 Å². The number of ketones is 2. The molecule has 0 bridgehead atoms. The van der Waals surface area contributed by atoms with E-state index in [9.17, 15) is 48.6 Å². The Labute approximate surface area is 421 Å². The lowest BCUT2D eigenvalue weighted by Crippen LogP contribution is -2.44. The van der Waals surface area contributed by atoms with Crippen molar-refractivity contribution < 1.29 is 57.6 Å². The smallest absolute Gasteiger partial charge is 0.408 e. The van der Waals surface area contributed by atoms with Crippen LogP contribution >= 0.6 is 0 Å². The number of amides is 4. The number of hydrogen-bond donors (Lipinski definition) is 6. The molecule has 0 unspecified atom stereocenters. The molecule has 0 saturated carbocycles. The lowest BCUT2D eigenvalue weighted by Gasteiger charge is -2.31. The molecule has 6 N–H and O–H groups in total. The van der Waals surface area contributed by atoms with E-state index >= 15 is 4.39 Å². The number of pyridine rings is 2. The molecule has 0 fully saturated rings. The van der Waals surface area contributed by atoms with Crippen molar-refractivity contribution in [3.05, 3.63) is 97.6 Å². The highest BCUT2D eigenvalue weighted by Gasteiger charge is 2.46. The molecule has 2 aliphatic heterocycles. The summed E-state index contributed by atoms with van der Waals surface area (Å²) in [5.41, 5.74) is 1.59. The van der Waals surface area contributed by atoms with E-state index in [1.807, 2.05) is 11.0 Å². The molecule has 2 aromatic heterocycles. The molecule has 19 nitrogen and oxygen atoms in total. The van der Waals surface area contributed by atoms with E-state index in [1.165, 1.54) is 10.6 Å². The van der Waals surface area contributed by atoms with Crippen LogP contribution in [0.5, 0.6) is 0 Å². The van der Waals surface area contributed by atoms with Gasteiger partial charge in [-0.25, -0.2) is 19.0 Å². The molecular formula is C53H64FN7O12. The molecule has 73 heavy (non-hydrogen) atoms. The Hall–Kier alpha value is -6.90. The molecule has 3 atom stereocenters. The Morgan fingerprint density at radius 1 is 0.945 bits per heavy atom. The molecule has 4 aromatic rings. The van der Waals surface area contributed by atoms with E-state index < -0.39 is 64.3 Å². The number of cyclic esters (lactones) is 1. The third-order valence-corrected chi connectivity index (χ3v) is 13.6. The standard InChI is InChI=1S/C53H64FN7O12/c1-6-53(71)36-25-41-48-34(28-61(41)49(68)35(36)29-72-50(53)69)47-38(14-13-33-30(2)37(54)26-40(59-48)46(33)47)57-45(67)18-20-60(22-23-62)21-19-55-43(65)17-15-42(64)39(24-31-10-8-7-9-11-31)58-44(66)16-12-32(63)27-56-51(70)73-52(3,4)5/h7-11,25-26,38-39,62,71H,6,12-24,27-29H2,1-5H3,(H,55,65)(H,56,70)(H,57,67)(H,58,66)/t38-,39-,53-/m0/s1. The summed E-state index contributed by atoms with van der Waals surface area (Å²) in [6.45, 7) is 8.47. The summed E-state index contributed by atoms with van der Waals surface area (Å²) >= 11 is 0. The fourth-order valence-electron chi connectivity index (χ4n) is 9.74. The van der Waals surface area contributed by atoms with Gasteiger partial charge in [0.25, 0.3) is 5.56 Å². The molecule has 3 aliphatic rings. The van der Waals surface area contributed by atoms with E-state index in [1.54, 1.807) is 65.0 Å². The van der Waals surface area contributed by atoms with Crippen LogP contribution in [0.1, 0.15) is 118 Å². The summed E-state index contributed by atoms with van der Waals surface area (Å²) in [7, 11) is 0. The minimum absolute atomic E-state index is 0.0202. The van der Waals surface area contributed by atoms with Gasteiger partial charge in [-0.05, 0) is 81.7 Å². The first-order chi connectivity index (χ1) is 34.7. The van der Waals surface area contributed by atoms with Gasteiger partial charge in [0, 0.05) is 80.9 Å². The summed E-state index contributed by atoms with van der Waals surface area (Å²) in [6, 6.07) is 10.5. The normalized spacial score (nSPS) is 16.9. The van der Waals surface area contributed by atoms with E-state index in [-0.39, 0.29) is 120 Å². The van der Waals surface area contributed by atoms with Crippen molar-refractivity contribution in [3.8, 4) is 11.4 Å². The largest absolute Gasteiger partial charge is 0.458 e. The Balaban J connectivity index is 0.940. The van der Waals surface area contributed by atoms with Crippen LogP contribution in [0.3, 0.4) is 0 Å². The second-order valence-corrected chi connectivity index (χ2v) is 19.8. The monoisotopic (exact) mass is 1010 g/mol. The maximum absolute atomic E-state index is 15.4. The number of fused-ring (bicyclic) bond motifs is 5.